The van der Waals surface area contributed by atoms with E-state index in [1.807, 2.05) is 13.8 Å². The molecule has 9 heteroatoms. The number of likely N-dealkylation sites (tertiary alicyclic amines) is 1. The summed E-state index contributed by atoms with van der Waals surface area (Å²) in [4.78, 5) is 17.0. The molecule has 2 saturated heterocycles. The molecular formula is C17H26N2O4S3. The van der Waals surface area contributed by atoms with Crippen LogP contribution in [0.5, 0.6) is 0 Å². The van der Waals surface area contributed by atoms with Gasteiger partial charge in [0.25, 0.3) is 16.0 Å². The second-order valence-corrected chi connectivity index (χ2v) is 9.94. The Morgan fingerprint density at radius 3 is 2.65 bits per heavy atom. The molecule has 0 aromatic rings. The smallest absolute Gasteiger partial charge is 0.267 e. The second-order valence-electron chi connectivity index (χ2n) is 6.47. The summed E-state index contributed by atoms with van der Waals surface area (Å²) in [6, 6.07) is 0. The summed E-state index contributed by atoms with van der Waals surface area (Å²) >= 11 is 6.65. The van der Waals surface area contributed by atoms with Crippen LogP contribution in [-0.4, -0.2) is 57.9 Å². The maximum Gasteiger partial charge on any atom is 0.267 e. The fourth-order valence-electron chi connectivity index (χ4n) is 3.05. The fourth-order valence-corrected chi connectivity index (χ4v) is 4.95. The van der Waals surface area contributed by atoms with E-state index in [0.717, 1.165) is 37.1 Å². The summed E-state index contributed by atoms with van der Waals surface area (Å²) in [5.41, 5.74) is 2.09. The van der Waals surface area contributed by atoms with Crippen LogP contribution >= 0.6 is 24.0 Å². The third kappa shape index (κ3) is 4.88. The zero-order valence-electron chi connectivity index (χ0n) is 15.4. The Labute approximate surface area is 165 Å². The molecule has 0 radical (unpaired) electrons. The Hall–Kier alpha value is -0.900. The third-order valence-corrected chi connectivity index (χ3v) is 7.52. The summed E-state index contributed by atoms with van der Waals surface area (Å²) in [6.45, 7) is 7.44. The minimum absolute atomic E-state index is 0.0271. The maximum absolute atomic E-state index is 12.6. The molecule has 0 bridgehead atoms. The first-order valence-electron chi connectivity index (χ1n) is 8.87. The first-order valence-corrected chi connectivity index (χ1v) is 11.6. The molecule has 26 heavy (non-hydrogen) atoms. The number of likely N-dealkylation sites (N-methyl/N-ethyl adjacent to an activating group) is 1. The van der Waals surface area contributed by atoms with Crippen molar-refractivity contribution < 1.29 is 17.8 Å². The average molecular weight is 419 g/mol. The summed E-state index contributed by atoms with van der Waals surface area (Å²) in [6.07, 6.45) is 5.06. The van der Waals surface area contributed by atoms with Gasteiger partial charge in [-0.15, -0.1) is 0 Å². The lowest BCUT2D eigenvalue weighted by Gasteiger charge is -2.22. The van der Waals surface area contributed by atoms with Crippen molar-refractivity contribution >= 4 is 44.3 Å². The second kappa shape index (κ2) is 8.86. The van der Waals surface area contributed by atoms with Gasteiger partial charge in [-0.1, -0.05) is 30.9 Å². The van der Waals surface area contributed by atoms with Crippen LogP contribution in [0.1, 0.15) is 46.5 Å². The van der Waals surface area contributed by atoms with Gasteiger partial charge in [0.05, 0.1) is 10.2 Å². The standard InChI is InChI=1S/C17H26N2O4S3/c1-4-13(15-16(20)19(5-2)17(24)25-15)11-14-7-6-9-18(14)10-8-12(3)26(21,22)23/h11-12H,4-10H2,1-3H3,(H,21,22,23)/b14-11+,15-13-. The summed E-state index contributed by atoms with van der Waals surface area (Å²) in [7, 11) is -4.00. The van der Waals surface area contributed by atoms with Gasteiger partial charge < -0.3 is 4.90 Å². The van der Waals surface area contributed by atoms with Crippen LogP contribution < -0.4 is 0 Å². The number of nitrogens with zero attached hydrogens (tertiary/aromatic N) is 2. The predicted molar refractivity (Wildman–Crippen MR) is 109 cm³/mol. The normalized spacial score (nSPS) is 23.3. The Bertz CT molecular complexity index is 743. The predicted octanol–water partition coefficient (Wildman–Crippen LogP) is 3.18. The number of hydrogen-bond acceptors (Lipinski definition) is 6. The van der Waals surface area contributed by atoms with Gasteiger partial charge in [0, 0.05) is 25.3 Å². The van der Waals surface area contributed by atoms with Gasteiger partial charge in [-0.05, 0) is 51.2 Å². The number of carbonyl (C=O) groups is 1. The van der Waals surface area contributed by atoms with Gasteiger partial charge in [-0.25, -0.2) is 0 Å². The highest BCUT2D eigenvalue weighted by Crippen LogP contribution is 2.36. The van der Waals surface area contributed by atoms with Crippen molar-refractivity contribution in [3.63, 3.8) is 0 Å². The molecule has 2 aliphatic heterocycles. The minimum atomic E-state index is -4.00. The number of amides is 1. The minimum Gasteiger partial charge on any atom is -0.375 e. The summed E-state index contributed by atoms with van der Waals surface area (Å²) in [5, 5.41) is -0.782. The van der Waals surface area contributed by atoms with Crippen molar-refractivity contribution in [2.24, 2.45) is 0 Å². The SMILES string of the molecule is CCC(/C=C1\CCCN1CCC(C)S(=O)(=O)O)=C1/SC(=S)N(CC)C1=O. The highest BCUT2D eigenvalue weighted by molar-refractivity contribution is 8.26. The molecule has 1 atom stereocenters. The van der Waals surface area contributed by atoms with Crippen molar-refractivity contribution in [2.45, 2.75) is 51.7 Å². The molecule has 0 aliphatic carbocycles. The van der Waals surface area contributed by atoms with Crippen LogP contribution in [0.25, 0.3) is 0 Å². The van der Waals surface area contributed by atoms with Gasteiger partial charge in [-0.2, -0.15) is 8.42 Å². The van der Waals surface area contributed by atoms with Crippen molar-refractivity contribution in [1.82, 2.24) is 9.80 Å². The van der Waals surface area contributed by atoms with E-state index < -0.39 is 15.4 Å². The molecular weight excluding hydrogens is 392 g/mol. The monoisotopic (exact) mass is 418 g/mol. The molecule has 2 rings (SSSR count). The van der Waals surface area contributed by atoms with E-state index in [2.05, 4.69) is 11.0 Å². The van der Waals surface area contributed by atoms with Gasteiger partial charge in [0.15, 0.2) is 0 Å². The largest absolute Gasteiger partial charge is 0.375 e. The van der Waals surface area contributed by atoms with Crippen molar-refractivity contribution in [3.8, 4) is 0 Å². The molecule has 2 aliphatic rings. The number of allylic oxidation sites excluding steroid dienone is 3. The van der Waals surface area contributed by atoms with Crippen molar-refractivity contribution in [3.05, 3.63) is 22.3 Å². The van der Waals surface area contributed by atoms with E-state index in [4.69, 9.17) is 16.8 Å². The van der Waals surface area contributed by atoms with Crippen molar-refractivity contribution in [1.29, 1.82) is 0 Å². The van der Waals surface area contributed by atoms with Gasteiger partial charge >= 0.3 is 0 Å². The number of rotatable bonds is 7. The van der Waals surface area contributed by atoms with Crippen LogP contribution in [0, 0.1) is 0 Å². The molecule has 146 valence electrons. The van der Waals surface area contributed by atoms with Crippen LogP contribution in [0.3, 0.4) is 0 Å². The summed E-state index contributed by atoms with van der Waals surface area (Å²) in [5.74, 6) is -0.0271. The van der Waals surface area contributed by atoms with E-state index in [-0.39, 0.29) is 5.91 Å². The zero-order chi connectivity index (χ0) is 19.5. The lowest BCUT2D eigenvalue weighted by atomic mass is 10.1. The molecule has 6 nitrogen and oxygen atoms in total. The first kappa shape index (κ1) is 21.4. The topological polar surface area (TPSA) is 77.9 Å². The number of hydrogen-bond donors (Lipinski definition) is 1. The molecule has 1 amide bonds. The van der Waals surface area contributed by atoms with E-state index >= 15 is 0 Å². The van der Waals surface area contributed by atoms with E-state index in [0.29, 0.717) is 28.7 Å². The van der Waals surface area contributed by atoms with Gasteiger partial charge in [-0.3, -0.25) is 14.2 Å². The lowest BCUT2D eigenvalue weighted by molar-refractivity contribution is -0.122. The van der Waals surface area contributed by atoms with Crippen LogP contribution in [0.15, 0.2) is 22.3 Å². The maximum atomic E-state index is 12.6. The fraction of sp³-hybridized carbons (Fsp3) is 0.647. The summed E-state index contributed by atoms with van der Waals surface area (Å²) < 4.78 is 32.1. The third-order valence-electron chi connectivity index (χ3n) is 4.76. The molecule has 1 unspecified atom stereocenters. The van der Waals surface area contributed by atoms with E-state index in [1.165, 1.54) is 18.7 Å². The number of carbonyl (C=O) groups excluding carboxylic acids is 1. The van der Waals surface area contributed by atoms with Crippen LogP contribution in [-0.2, 0) is 14.9 Å². The molecule has 0 saturated carbocycles. The van der Waals surface area contributed by atoms with Gasteiger partial charge in [0.2, 0.25) is 0 Å². The Balaban J connectivity index is 2.19. The first-order chi connectivity index (χ1) is 12.2. The Morgan fingerprint density at radius 2 is 2.12 bits per heavy atom. The molecule has 0 spiro atoms. The van der Waals surface area contributed by atoms with E-state index in [1.54, 1.807) is 4.90 Å². The molecule has 2 fully saturated rings. The molecule has 0 aromatic heterocycles. The zero-order valence-corrected chi connectivity index (χ0v) is 17.8. The van der Waals surface area contributed by atoms with E-state index in [9.17, 15) is 13.2 Å². The van der Waals surface area contributed by atoms with Gasteiger partial charge in [0.1, 0.15) is 4.32 Å². The van der Waals surface area contributed by atoms with Crippen molar-refractivity contribution in [2.75, 3.05) is 19.6 Å². The van der Waals surface area contributed by atoms with Crippen LogP contribution in [0.2, 0.25) is 0 Å². The lowest BCUT2D eigenvalue weighted by Crippen LogP contribution is -2.27. The average Bonchev–Trinajstić information content (AvgIpc) is 3.13. The highest BCUT2D eigenvalue weighted by atomic mass is 32.2. The van der Waals surface area contributed by atoms with Crippen LogP contribution in [0.4, 0.5) is 0 Å². The highest BCUT2D eigenvalue weighted by Gasteiger charge is 2.32. The molecule has 1 N–H and O–H groups in total. The quantitative estimate of drug-likeness (QED) is 0.386. The number of thioether (sulfide) groups is 1. The number of thiocarbonyl (C=S) groups is 1. The Kier molecular flexibility index (Phi) is 7.29. The Morgan fingerprint density at radius 1 is 1.42 bits per heavy atom. The molecule has 2 heterocycles. The molecule has 0 aromatic carbocycles.